The topological polar surface area (TPSA) is 12.5 Å². The summed E-state index contributed by atoms with van der Waals surface area (Å²) in [4.78, 5) is 2.14. The maximum atomic E-state index is 14.0. The zero-order chi connectivity index (χ0) is 13.1. The number of benzene rings is 1. The minimum absolute atomic E-state index is 0.254. The zero-order valence-electron chi connectivity index (χ0n) is 10.8. The van der Waals surface area contributed by atoms with E-state index in [1.54, 1.807) is 12.1 Å². The predicted molar refractivity (Wildman–Crippen MR) is 71.7 cm³/mol. The minimum atomic E-state index is -0.254. The predicted octanol–water partition coefficient (Wildman–Crippen LogP) is 3.28. The standard InChI is InChI=1S/C14H19ClFNO/c1-17(8-10-6-12(15)7-10)9-11-4-3-5-13(18-2)14(11)16/h3-5,10,12H,6-9H2,1-2H3. The molecule has 0 saturated heterocycles. The van der Waals surface area contributed by atoms with Crippen molar-refractivity contribution in [3.8, 4) is 5.75 Å². The van der Waals surface area contributed by atoms with Gasteiger partial charge in [-0.15, -0.1) is 11.6 Å². The van der Waals surface area contributed by atoms with Crippen LogP contribution in [0.2, 0.25) is 0 Å². The number of hydrogen-bond acceptors (Lipinski definition) is 2. The van der Waals surface area contributed by atoms with Crippen molar-refractivity contribution in [2.24, 2.45) is 5.92 Å². The van der Waals surface area contributed by atoms with Gasteiger partial charge < -0.3 is 9.64 Å². The van der Waals surface area contributed by atoms with E-state index in [1.165, 1.54) is 7.11 Å². The number of ether oxygens (including phenoxy) is 1. The van der Waals surface area contributed by atoms with E-state index in [1.807, 2.05) is 13.1 Å². The molecular weight excluding hydrogens is 253 g/mol. The fraction of sp³-hybridized carbons (Fsp3) is 0.571. The first-order valence-corrected chi connectivity index (χ1v) is 6.67. The molecule has 0 heterocycles. The molecule has 0 aliphatic heterocycles. The van der Waals surface area contributed by atoms with Crippen molar-refractivity contribution in [2.45, 2.75) is 24.8 Å². The summed E-state index contributed by atoms with van der Waals surface area (Å²) in [6.45, 7) is 1.58. The molecule has 0 N–H and O–H groups in total. The first-order chi connectivity index (χ1) is 8.60. The van der Waals surface area contributed by atoms with Gasteiger partial charge in [-0.25, -0.2) is 4.39 Å². The lowest BCUT2D eigenvalue weighted by atomic mass is 9.84. The van der Waals surface area contributed by atoms with Crippen LogP contribution in [0.5, 0.6) is 5.75 Å². The van der Waals surface area contributed by atoms with Crippen LogP contribution in [0.15, 0.2) is 18.2 Å². The van der Waals surface area contributed by atoms with E-state index in [-0.39, 0.29) is 5.82 Å². The lowest BCUT2D eigenvalue weighted by molar-refractivity contribution is 0.202. The molecule has 100 valence electrons. The van der Waals surface area contributed by atoms with Gasteiger partial charge in [0.25, 0.3) is 0 Å². The Kier molecular flexibility index (Phi) is 4.46. The summed E-state index contributed by atoms with van der Waals surface area (Å²) in [6.07, 6.45) is 2.15. The Morgan fingerprint density at radius 2 is 2.17 bits per heavy atom. The third kappa shape index (κ3) is 3.15. The van der Waals surface area contributed by atoms with E-state index in [4.69, 9.17) is 16.3 Å². The van der Waals surface area contributed by atoms with Crippen molar-refractivity contribution in [3.05, 3.63) is 29.6 Å². The number of rotatable bonds is 5. The average molecular weight is 272 g/mol. The Morgan fingerprint density at radius 1 is 1.44 bits per heavy atom. The highest BCUT2D eigenvalue weighted by atomic mass is 35.5. The third-order valence-electron chi connectivity index (χ3n) is 3.45. The molecule has 0 aromatic heterocycles. The van der Waals surface area contributed by atoms with Gasteiger partial charge in [-0.05, 0) is 31.9 Å². The Labute approximate surface area is 113 Å². The second-order valence-corrected chi connectivity index (χ2v) is 5.68. The van der Waals surface area contributed by atoms with Crippen LogP contribution in [0.25, 0.3) is 0 Å². The van der Waals surface area contributed by atoms with Gasteiger partial charge in [0.1, 0.15) is 0 Å². The number of nitrogens with zero attached hydrogens (tertiary/aromatic N) is 1. The molecule has 2 rings (SSSR count). The van der Waals surface area contributed by atoms with E-state index in [9.17, 15) is 4.39 Å². The van der Waals surface area contributed by atoms with Gasteiger partial charge in [0.05, 0.1) is 7.11 Å². The quantitative estimate of drug-likeness (QED) is 0.762. The summed E-state index contributed by atoms with van der Waals surface area (Å²) in [5, 5.41) is 0.344. The molecule has 1 aliphatic carbocycles. The Hall–Kier alpha value is -0.800. The Balaban J connectivity index is 1.92. The van der Waals surface area contributed by atoms with Crippen LogP contribution in [-0.2, 0) is 6.54 Å². The van der Waals surface area contributed by atoms with Gasteiger partial charge >= 0.3 is 0 Å². The second kappa shape index (κ2) is 5.89. The van der Waals surface area contributed by atoms with Gasteiger partial charge in [-0.3, -0.25) is 0 Å². The lowest BCUT2D eigenvalue weighted by Gasteiger charge is -2.34. The van der Waals surface area contributed by atoms with Crippen LogP contribution < -0.4 is 4.74 Å². The summed E-state index contributed by atoms with van der Waals surface area (Å²) in [5.41, 5.74) is 0.679. The second-order valence-electron chi connectivity index (χ2n) is 5.06. The Morgan fingerprint density at radius 3 is 2.78 bits per heavy atom. The summed E-state index contributed by atoms with van der Waals surface area (Å²) < 4.78 is 18.9. The molecule has 0 bridgehead atoms. The summed E-state index contributed by atoms with van der Waals surface area (Å²) in [5.74, 6) is 0.715. The number of hydrogen-bond donors (Lipinski definition) is 0. The molecule has 0 spiro atoms. The van der Waals surface area contributed by atoms with Crippen molar-refractivity contribution >= 4 is 11.6 Å². The van der Waals surface area contributed by atoms with Crippen LogP contribution >= 0.6 is 11.6 Å². The van der Waals surface area contributed by atoms with Gasteiger partial charge in [0.15, 0.2) is 11.6 Å². The molecule has 1 aliphatic rings. The number of alkyl halides is 1. The van der Waals surface area contributed by atoms with Crippen LogP contribution in [0.1, 0.15) is 18.4 Å². The molecule has 1 saturated carbocycles. The van der Waals surface area contributed by atoms with Crippen molar-refractivity contribution in [2.75, 3.05) is 20.7 Å². The lowest BCUT2D eigenvalue weighted by Crippen LogP contribution is -2.34. The summed E-state index contributed by atoms with van der Waals surface area (Å²) >= 11 is 5.96. The number of halogens is 2. The maximum absolute atomic E-state index is 14.0. The first-order valence-electron chi connectivity index (χ1n) is 6.24. The molecule has 1 aromatic rings. The van der Waals surface area contributed by atoms with Crippen LogP contribution in [0, 0.1) is 11.7 Å². The fourth-order valence-corrected chi connectivity index (χ4v) is 2.94. The van der Waals surface area contributed by atoms with E-state index >= 15 is 0 Å². The van der Waals surface area contributed by atoms with Crippen molar-refractivity contribution in [3.63, 3.8) is 0 Å². The average Bonchev–Trinajstić information content (AvgIpc) is 2.30. The van der Waals surface area contributed by atoms with E-state index in [0.29, 0.717) is 29.2 Å². The molecule has 1 aromatic carbocycles. The summed E-state index contributed by atoms with van der Waals surface area (Å²) in [7, 11) is 3.50. The van der Waals surface area contributed by atoms with Gasteiger partial charge in [0.2, 0.25) is 0 Å². The molecule has 0 radical (unpaired) electrons. The number of methoxy groups -OCH3 is 1. The molecule has 4 heteroatoms. The molecular formula is C14H19ClFNO. The highest BCUT2D eigenvalue weighted by Gasteiger charge is 2.28. The van der Waals surface area contributed by atoms with Crippen LogP contribution in [0.3, 0.4) is 0 Å². The smallest absolute Gasteiger partial charge is 0.169 e. The SMILES string of the molecule is COc1cccc(CN(C)CC2CC(Cl)C2)c1F. The largest absolute Gasteiger partial charge is 0.494 e. The van der Waals surface area contributed by atoms with Gasteiger partial charge in [0, 0.05) is 24.0 Å². The first kappa shape index (κ1) is 13.6. The van der Waals surface area contributed by atoms with E-state index in [2.05, 4.69) is 4.90 Å². The monoisotopic (exact) mass is 271 g/mol. The highest BCUT2D eigenvalue weighted by Crippen LogP contribution is 2.32. The van der Waals surface area contributed by atoms with Crippen molar-refractivity contribution in [1.82, 2.24) is 4.90 Å². The van der Waals surface area contributed by atoms with Crippen LogP contribution in [-0.4, -0.2) is 31.0 Å². The van der Waals surface area contributed by atoms with Crippen molar-refractivity contribution < 1.29 is 9.13 Å². The van der Waals surface area contributed by atoms with Gasteiger partial charge in [-0.2, -0.15) is 0 Å². The molecule has 0 amide bonds. The summed E-state index contributed by atoms with van der Waals surface area (Å²) in [6, 6.07) is 5.27. The van der Waals surface area contributed by atoms with E-state index < -0.39 is 0 Å². The maximum Gasteiger partial charge on any atom is 0.169 e. The van der Waals surface area contributed by atoms with Crippen molar-refractivity contribution in [1.29, 1.82) is 0 Å². The fourth-order valence-electron chi connectivity index (χ4n) is 2.44. The van der Waals surface area contributed by atoms with E-state index in [0.717, 1.165) is 19.4 Å². The molecule has 0 atom stereocenters. The van der Waals surface area contributed by atoms with Crippen LogP contribution in [0.4, 0.5) is 4.39 Å². The third-order valence-corrected chi connectivity index (χ3v) is 3.81. The molecule has 0 unspecified atom stereocenters. The zero-order valence-corrected chi connectivity index (χ0v) is 11.6. The molecule has 2 nitrogen and oxygen atoms in total. The highest BCUT2D eigenvalue weighted by molar-refractivity contribution is 6.21. The molecule has 18 heavy (non-hydrogen) atoms. The minimum Gasteiger partial charge on any atom is -0.494 e. The Bertz CT molecular complexity index is 407. The molecule has 1 fully saturated rings. The van der Waals surface area contributed by atoms with Gasteiger partial charge in [-0.1, -0.05) is 12.1 Å². The normalized spacial score (nSPS) is 22.9.